The number of likely N-dealkylation sites (tertiary alicyclic amines) is 1. The van der Waals surface area contributed by atoms with E-state index < -0.39 is 0 Å². The van der Waals surface area contributed by atoms with E-state index in [1.165, 1.54) is 6.42 Å². The highest BCUT2D eigenvalue weighted by molar-refractivity contribution is 5.80. The van der Waals surface area contributed by atoms with Gasteiger partial charge in [0.05, 0.1) is 0 Å². The topological polar surface area (TPSA) is 46.1 Å². The van der Waals surface area contributed by atoms with Crippen LogP contribution in [0, 0.1) is 17.8 Å². The molecular weight excluding hydrogens is 302 g/mol. The molecule has 2 unspecified atom stereocenters. The van der Waals surface area contributed by atoms with E-state index in [1.807, 2.05) is 0 Å². The van der Waals surface area contributed by atoms with Crippen LogP contribution >= 0.6 is 0 Å². The van der Waals surface area contributed by atoms with Crippen LogP contribution in [0.2, 0.25) is 0 Å². The molecule has 0 aromatic carbocycles. The minimum absolute atomic E-state index is 0.691. The lowest BCUT2D eigenvalue weighted by molar-refractivity contribution is 0.0205. The Balaban J connectivity index is 1.66. The minimum atomic E-state index is 0.691. The van der Waals surface area contributed by atoms with Crippen molar-refractivity contribution in [3.05, 3.63) is 0 Å². The Morgan fingerprint density at radius 2 is 1.92 bits per heavy atom. The summed E-state index contributed by atoms with van der Waals surface area (Å²) < 4.78 is 11.2. The van der Waals surface area contributed by atoms with Gasteiger partial charge in [-0.1, -0.05) is 13.8 Å². The summed E-state index contributed by atoms with van der Waals surface area (Å²) in [7, 11) is 0. The molecule has 2 heterocycles. The van der Waals surface area contributed by atoms with E-state index in [0.29, 0.717) is 5.92 Å². The summed E-state index contributed by atoms with van der Waals surface area (Å²) in [6.45, 7) is 14.3. The highest BCUT2D eigenvalue weighted by Gasteiger charge is 2.23. The van der Waals surface area contributed by atoms with Crippen LogP contribution < -0.4 is 5.32 Å². The van der Waals surface area contributed by atoms with E-state index in [0.717, 1.165) is 89.7 Å². The Morgan fingerprint density at radius 3 is 2.58 bits per heavy atom. The summed E-state index contributed by atoms with van der Waals surface area (Å²) in [4.78, 5) is 7.26. The summed E-state index contributed by atoms with van der Waals surface area (Å²) in [6, 6.07) is 0. The Bertz CT molecular complexity index is 360. The molecule has 0 saturated carbocycles. The van der Waals surface area contributed by atoms with Crippen molar-refractivity contribution in [3.63, 3.8) is 0 Å². The third-order valence-electron chi connectivity index (χ3n) is 4.91. The second-order valence-electron chi connectivity index (χ2n) is 7.57. The molecule has 0 radical (unpaired) electrons. The molecule has 0 aromatic heterocycles. The van der Waals surface area contributed by atoms with Gasteiger partial charge in [0.2, 0.25) is 0 Å². The van der Waals surface area contributed by atoms with Crippen molar-refractivity contribution in [3.8, 4) is 0 Å². The van der Waals surface area contributed by atoms with Crippen molar-refractivity contribution < 1.29 is 9.47 Å². The van der Waals surface area contributed by atoms with Crippen molar-refractivity contribution >= 4 is 5.96 Å². The molecule has 24 heavy (non-hydrogen) atoms. The molecule has 5 heteroatoms. The lowest BCUT2D eigenvalue weighted by atomic mass is 9.92. The smallest absolute Gasteiger partial charge is 0.193 e. The van der Waals surface area contributed by atoms with Gasteiger partial charge in [0, 0.05) is 52.6 Å². The zero-order valence-corrected chi connectivity index (χ0v) is 15.9. The van der Waals surface area contributed by atoms with Crippen LogP contribution in [0.4, 0.5) is 0 Å². The molecule has 2 fully saturated rings. The second-order valence-corrected chi connectivity index (χ2v) is 7.57. The molecule has 2 aliphatic heterocycles. The maximum absolute atomic E-state index is 5.84. The monoisotopic (exact) mass is 339 g/mol. The summed E-state index contributed by atoms with van der Waals surface area (Å²) in [5.74, 6) is 3.28. The summed E-state index contributed by atoms with van der Waals surface area (Å²) in [5.41, 5.74) is 0. The number of guanidine groups is 1. The minimum Gasteiger partial charge on any atom is -0.381 e. The molecule has 0 aromatic rings. The van der Waals surface area contributed by atoms with Gasteiger partial charge < -0.3 is 19.7 Å². The van der Waals surface area contributed by atoms with Crippen LogP contribution in [-0.2, 0) is 9.47 Å². The van der Waals surface area contributed by atoms with Crippen LogP contribution in [-0.4, -0.2) is 63.5 Å². The van der Waals surface area contributed by atoms with Crippen molar-refractivity contribution in [1.29, 1.82) is 0 Å². The first-order chi connectivity index (χ1) is 11.7. The van der Waals surface area contributed by atoms with Gasteiger partial charge in [0.25, 0.3) is 0 Å². The quantitative estimate of drug-likeness (QED) is 0.440. The van der Waals surface area contributed by atoms with Crippen LogP contribution in [0.25, 0.3) is 0 Å². The number of nitrogens with one attached hydrogen (secondary N) is 1. The van der Waals surface area contributed by atoms with Crippen LogP contribution in [0.5, 0.6) is 0 Å². The van der Waals surface area contributed by atoms with Gasteiger partial charge in [-0.05, 0) is 50.4 Å². The summed E-state index contributed by atoms with van der Waals surface area (Å²) in [5, 5.41) is 3.46. The maximum Gasteiger partial charge on any atom is 0.193 e. The lowest BCUT2D eigenvalue weighted by Crippen LogP contribution is -2.48. The van der Waals surface area contributed by atoms with Gasteiger partial charge in [-0.15, -0.1) is 0 Å². The summed E-state index contributed by atoms with van der Waals surface area (Å²) in [6.07, 6.45) is 4.62. The molecule has 0 spiro atoms. The standard InChI is InChI=1S/C19H37N3O2/c1-4-20-19(22-13-16(2)12-17(3)14-22)21-8-5-9-24-15-18-6-10-23-11-7-18/h16-18H,4-15H2,1-3H3,(H,20,21). The predicted molar refractivity (Wildman–Crippen MR) is 99.5 cm³/mol. The molecule has 0 bridgehead atoms. The number of hydrogen-bond donors (Lipinski definition) is 1. The van der Waals surface area contributed by atoms with Gasteiger partial charge in [-0.2, -0.15) is 0 Å². The molecule has 2 atom stereocenters. The van der Waals surface area contributed by atoms with E-state index in [2.05, 4.69) is 31.0 Å². The van der Waals surface area contributed by atoms with Gasteiger partial charge in [-0.3, -0.25) is 4.99 Å². The average molecular weight is 340 g/mol. The predicted octanol–water partition coefficient (Wildman–Crippen LogP) is 2.76. The van der Waals surface area contributed by atoms with Gasteiger partial charge in [0.15, 0.2) is 5.96 Å². The number of aliphatic imine (C=N–C) groups is 1. The first-order valence-corrected chi connectivity index (χ1v) is 9.87. The molecule has 2 rings (SSSR count). The zero-order chi connectivity index (χ0) is 17.2. The Hall–Kier alpha value is -0.810. The number of nitrogens with zero attached hydrogens (tertiary/aromatic N) is 2. The normalized spacial score (nSPS) is 26.6. The van der Waals surface area contributed by atoms with Crippen LogP contribution in [0.15, 0.2) is 4.99 Å². The Kier molecular flexibility index (Phi) is 8.89. The maximum atomic E-state index is 5.84. The third-order valence-corrected chi connectivity index (χ3v) is 4.91. The Labute approximate surface area is 148 Å². The van der Waals surface area contributed by atoms with Crippen molar-refractivity contribution in [2.24, 2.45) is 22.7 Å². The average Bonchev–Trinajstić information content (AvgIpc) is 2.57. The second kappa shape index (κ2) is 10.9. The van der Waals surface area contributed by atoms with E-state index >= 15 is 0 Å². The van der Waals surface area contributed by atoms with Crippen molar-refractivity contribution in [2.75, 3.05) is 52.6 Å². The lowest BCUT2D eigenvalue weighted by Gasteiger charge is -2.37. The largest absolute Gasteiger partial charge is 0.381 e. The van der Waals surface area contributed by atoms with Crippen LogP contribution in [0.1, 0.15) is 46.5 Å². The molecule has 2 saturated heterocycles. The number of ether oxygens (including phenoxy) is 2. The van der Waals surface area contributed by atoms with Gasteiger partial charge in [-0.25, -0.2) is 0 Å². The molecular formula is C19H37N3O2. The first kappa shape index (κ1) is 19.5. The van der Waals surface area contributed by atoms with Crippen molar-refractivity contribution in [1.82, 2.24) is 10.2 Å². The highest BCUT2D eigenvalue weighted by atomic mass is 16.5. The third kappa shape index (κ3) is 6.98. The SMILES string of the molecule is CCNC(=NCCCOCC1CCOCC1)N1CC(C)CC(C)C1. The number of hydrogen-bond acceptors (Lipinski definition) is 3. The van der Waals surface area contributed by atoms with E-state index in [4.69, 9.17) is 14.5 Å². The molecule has 0 amide bonds. The van der Waals surface area contributed by atoms with Crippen LogP contribution in [0.3, 0.4) is 0 Å². The fourth-order valence-corrected chi connectivity index (χ4v) is 3.78. The van der Waals surface area contributed by atoms with E-state index in [9.17, 15) is 0 Å². The fourth-order valence-electron chi connectivity index (χ4n) is 3.78. The van der Waals surface area contributed by atoms with E-state index in [-0.39, 0.29) is 0 Å². The molecule has 1 N–H and O–H groups in total. The fraction of sp³-hybridized carbons (Fsp3) is 0.947. The highest BCUT2D eigenvalue weighted by Crippen LogP contribution is 2.21. The molecule has 5 nitrogen and oxygen atoms in total. The summed E-state index contributed by atoms with van der Waals surface area (Å²) >= 11 is 0. The molecule has 0 aliphatic carbocycles. The molecule has 140 valence electrons. The first-order valence-electron chi connectivity index (χ1n) is 9.87. The zero-order valence-electron chi connectivity index (χ0n) is 15.9. The van der Waals surface area contributed by atoms with E-state index in [1.54, 1.807) is 0 Å². The molecule has 2 aliphatic rings. The van der Waals surface area contributed by atoms with Gasteiger partial charge in [0.1, 0.15) is 0 Å². The number of rotatable bonds is 7. The number of piperidine rings is 1. The van der Waals surface area contributed by atoms with Gasteiger partial charge >= 0.3 is 0 Å². The van der Waals surface area contributed by atoms with Crippen molar-refractivity contribution in [2.45, 2.75) is 46.5 Å². The Morgan fingerprint density at radius 1 is 1.21 bits per heavy atom.